The molecule has 19 heavy (non-hydrogen) atoms. The SMILES string of the molecule is CCn1c(-c2ccc(C)cc2O)cc2ccccc21. The van der Waals surface area contributed by atoms with Crippen LogP contribution < -0.4 is 0 Å². The smallest absolute Gasteiger partial charge is 0.125 e. The summed E-state index contributed by atoms with van der Waals surface area (Å²) in [7, 11) is 0. The molecular weight excluding hydrogens is 234 g/mol. The van der Waals surface area contributed by atoms with Gasteiger partial charge in [0.25, 0.3) is 0 Å². The lowest BCUT2D eigenvalue weighted by atomic mass is 10.1. The summed E-state index contributed by atoms with van der Waals surface area (Å²) >= 11 is 0. The fourth-order valence-corrected chi connectivity index (χ4v) is 2.63. The van der Waals surface area contributed by atoms with Crippen molar-refractivity contribution in [3.05, 3.63) is 54.1 Å². The average molecular weight is 251 g/mol. The summed E-state index contributed by atoms with van der Waals surface area (Å²) in [4.78, 5) is 0. The molecular formula is C17H17NO. The Bertz CT molecular complexity index is 740. The molecule has 0 saturated heterocycles. The van der Waals surface area contributed by atoms with Crippen LogP contribution in [0.25, 0.3) is 22.2 Å². The maximum atomic E-state index is 10.2. The van der Waals surface area contributed by atoms with Gasteiger partial charge in [0.1, 0.15) is 5.75 Å². The average Bonchev–Trinajstić information content (AvgIpc) is 2.76. The van der Waals surface area contributed by atoms with Crippen LogP contribution in [0.15, 0.2) is 48.5 Å². The predicted octanol–water partition coefficient (Wildman–Crippen LogP) is 4.34. The Morgan fingerprint density at radius 2 is 1.84 bits per heavy atom. The van der Waals surface area contributed by atoms with Gasteiger partial charge in [-0.3, -0.25) is 0 Å². The Balaban J connectivity index is 2.30. The highest BCUT2D eigenvalue weighted by Crippen LogP contribution is 2.34. The zero-order chi connectivity index (χ0) is 13.4. The van der Waals surface area contributed by atoms with E-state index in [4.69, 9.17) is 0 Å². The van der Waals surface area contributed by atoms with E-state index in [1.54, 1.807) is 0 Å². The molecule has 0 aliphatic rings. The highest BCUT2D eigenvalue weighted by molar-refractivity contribution is 5.88. The van der Waals surface area contributed by atoms with E-state index in [0.717, 1.165) is 23.4 Å². The van der Waals surface area contributed by atoms with Crippen LogP contribution >= 0.6 is 0 Å². The molecule has 1 aromatic heterocycles. The van der Waals surface area contributed by atoms with Gasteiger partial charge >= 0.3 is 0 Å². The topological polar surface area (TPSA) is 25.2 Å². The van der Waals surface area contributed by atoms with Gasteiger partial charge in [0.2, 0.25) is 0 Å². The largest absolute Gasteiger partial charge is 0.507 e. The molecule has 0 aliphatic carbocycles. The first-order chi connectivity index (χ1) is 9.20. The summed E-state index contributed by atoms with van der Waals surface area (Å²) in [6.07, 6.45) is 0. The summed E-state index contributed by atoms with van der Waals surface area (Å²) < 4.78 is 2.24. The number of nitrogens with zero attached hydrogens (tertiary/aromatic N) is 1. The number of aromatic nitrogens is 1. The third-order valence-corrected chi connectivity index (χ3v) is 3.56. The number of hydrogen-bond acceptors (Lipinski definition) is 1. The monoisotopic (exact) mass is 251 g/mol. The highest BCUT2D eigenvalue weighted by atomic mass is 16.3. The number of phenols is 1. The van der Waals surface area contributed by atoms with Crippen LogP contribution in [0.4, 0.5) is 0 Å². The van der Waals surface area contributed by atoms with E-state index < -0.39 is 0 Å². The molecule has 2 aromatic carbocycles. The van der Waals surface area contributed by atoms with Crippen molar-refractivity contribution < 1.29 is 5.11 Å². The number of aryl methyl sites for hydroxylation is 2. The molecule has 1 heterocycles. The van der Waals surface area contributed by atoms with Gasteiger partial charge in [-0.25, -0.2) is 0 Å². The molecule has 96 valence electrons. The number of fused-ring (bicyclic) bond motifs is 1. The first kappa shape index (κ1) is 11.8. The van der Waals surface area contributed by atoms with Crippen molar-refractivity contribution in [3.8, 4) is 17.0 Å². The molecule has 2 heteroatoms. The number of para-hydroxylation sites is 1. The van der Waals surface area contributed by atoms with Gasteiger partial charge in [-0.15, -0.1) is 0 Å². The maximum Gasteiger partial charge on any atom is 0.125 e. The quantitative estimate of drug-likeness (QED) is 0.720. The van der Waals surface area contributed by atoms with Gasteiger partial charge in [-0.1, -0.05) is 24.3 Å². The molecule has 3 rings (SSSR count). The second-order valence-electron chi connectivity index (χ2n) is 4.85. The first-order valence-electron chi connectivity index (χ1n) is 6.59. The lowest BCUT2D eigenvalue weighted by Gasteiger charge is -2.10. The third-order valence-electron chi connectivity index (χ3n) is 3.56. The second kappa shape index (κ2) is 4.47. The molecule has 0 fully saturated rings. The zero-order valence-electron chi connectivity index (χ0n) is 11.2. The first-order valence-corrected chi connectivity index (χ1v) is 6.59. The molecule has 0 aliphatic heterocycles. The van der Waals surface area contributed by atoms with E-state index >= 15 is 0 Å². The van der Waals surface area contributed by atoms with Crippen molar-refractivity contribution in [2.45, 2.75) is 20.4 Å². The number of rotatable bonds is 2. The van der Waals surface area contributed by atoms with Gasteiger partial charge in [0, 0.05) is 23.0 Å². The third kappa shape index (κ3) is 1.89. The number of phenolic OH excluding ortho intramolecular Hbond substituents is 1. The van der Waals surface area contributed by atoms with Crippen LogP contribution in [0.5, 0.6) is 5.75 Å². The van der Waals surface area contributed by atoms with E-state index in [2.05, 4.69) is 29.7 Å². The number of hydrogen-bond donors (Lipinski definition) is 1. The van der Waals surface area contributed by atoms with E-state index in [-0.39, 0.29) is 0 Å². The minimum atomic E-state index is 0.345. The minimum absolute atomic E-state index is 0.345. The maximum absolute atomic E-state index is 10.2. The van der Waals surface area contributed by atoms with Crippen LogP contribution in [-0.2, 0) is 6.54 Å². The van der Waals surface area contributed by atoms with Crippen LogP contribution in [0.2, 0.25) is 0 Å². The Morgan fingerprint density at radius 3 is 2.58 bits per heavy atom. The Labute approximate surface area is 112 Å². The predicted molar refractivity (Wildman–Crippen MR) is 79.4 cm³/mol. The standard InChI is InChI=1S/C17H17NO/c1-3-18-15-7-5-4-6-13(15)11-16(18)14-9-8-12(2)10-17(14)19/h4-11,19H,3H2,1-2H3. The lowest BCUT2D eigenvalue weighted by Crippen LogP contribution is -1.96. The van der Waals surface area contributed by atoms with Crippen molar-refractivity contribution in [3.63, 3.8) is 0 Å². The molecule has 0 radical (unpaired) electrons. The number of benzene rings is 2. The van der Waals surface area contributed by atoms with Crippen LogP contribution in [0.3, 0.4) is 0 Å². The molecule has 1 N–H and O–H groups in total. The second-order valence-corrected chi connectivity index (χ2v) is 4.85. The minimum Gasteiger partial charge on any atom is -0.507 e. The van der Waals surface area contributed by atoms with Crippen molar-refractivity contribution in [1.29, 1.82) is 0 Å². The Kier molecular flexibility index (Phi) is 2.79. The van der Waals surface area contributed by atoms with Gasteiger partial charge in [-0.2, -0.15) is 0 Å². The van der Waals surface area contributed by atoms with Crippen molar-refractivity contribution in [2.24, 2.45) is 0 Å². The summed E-state index contributed by atoms with van der Waals surface area (Å²) in [5.74, 6) is 0.345. The highest BCUT2D eigenvalue weighted by Gasteiger charge is 2.12. The molecule has 0 saturated carbocycles. The van der Waals surface area contributed by atoms with E-state index in [0.29, 0.717) is 5.75 Å². The van der Waals surface area contributed by atoms with Gasteiger partial charge in [-0.05, 0) is 43.7 Å². The Hall–Kier alpha value is -2.22. The summed E-state index contributed by atoms with van der Waals surface area (Å²) in [6.45, 7) is 5.00. The van der Waals surface area contributed by atoms with E-state index in [1.807, 2.05) is 37.3 Å². The summed E-state index contributed by atoms with van der Waals surface area (Å²) in [5.41, 5.74) is 4.24. The molecule has 0 amide bonds. The van der Waals surface area contributed by atoms with Crippen molar-refractivity contribution in [1.82, 2.24) is 4.57 Å². The van der Waals surface area contributed by atoms with Crippen LogP contribution in [0.1, 0.15) is 12.5 Å². The van der Waals surface area contributed by atoms with E-state index in [1.165, 1.54) is 10.9 Å². The molecule has 0 unspecified atom stereocenters. The van der Waals surface area contributed by atoms with Crippen LogP contribution in [-0.4, -0.2) is 9.67 Å². The molecule has 3 aromatic rings. The van der Waals surface area contributed by atoms with Gasteiger partial charge in [0.15, 0.2) is 0 Å². The molecule has 2 nitrogen and oxygen atoms in total. The van der Waals surface area contributed by atoms with Crippen molar-refractivity contribution in [2.75, 3.05) is 0 Å². The molecule has 0 atom stereocenters. The fraction of sp³-hybridized carbons (Fsp3) is 0.176. The number of aromatic hydroxyl groups is 1. The summed E-state index contributed by atoms with van der Waals surface area (Å²) in [6, 6.07) is 16.3. The van der Waals surface area contributed by atoms with Gasteiger partial charge in [0.05, 0.1) is 5.69 Å². The normalized spacial score (nSPS) is 11.1. The molecule has 0 bridgehead atoms. The zero-order valence-corrected chi connectivity index (χ0v) is 11.2. The van der Waals surface area contributed by atoms with Crippen molar-refractivity contribution >= 4 is 10.9 Å². The van der Waals surface area contributed by atoms with Gasteiger partial charge < -0.3 is 9.67 Å². The Morgan fingerprint density at radius 1 is 1.05 bits per heavy atom. The summed E-state index contributed by atoms with van der Waals surface area (Å²) in [5, 5.41) is 11.4. The fourth-order valence-electron chi connectivity index (χ4n) is 2.63. The lowest BCUT2D eigenvalue weighted by molar-refractivity contribution is 0.476. The molecule has 0 spiro atoms. The van der Waals surface area contributed by atoms with E-state index in [9.17, 15) is 5.11 Å². The van der Waals surface area contributed by atoms with Crippen LogP contribution in [0, 0.1) is 6.92 Å².